The second-order valence-corrected chi connectivity index (χ2v) is 4.88. The van der Waals surface area contributed by atoms with Crippen LogP contribution in [0.15, 0.2) is 27.2 Å². The summed E-state index contributed by atoms with van der Waals surface area (Å²) >= 11 is 3.40. The van der Waals surface area contributed by atoms with Gasteiger partial charge in [-0.05, 0) is 31.0 Å². The van der Waals surface area contributed by atoms with E-state index >= 15 is 0 Å². The molecule has 82 valence electrons. The van der Waals surface area contributed by atoms with E-state index in [-0.39, 0.29) is 0 Å². The zero-order valence-electron chi connectivity index (χ0n) is 8.48. The predicted molar refractivity (Wildman–Crippen MR) is 63.8 cm³/mol. The Bertz CT molecular complexity index is 534. The van der Waals surface area contributed by atoms with Gasteiger partial charge in [-0.15, -0.1) is 0 Å². The molecule has 1 saturated carbocycles. The van der Waals surface area contributed by atoms with Crippen molar-refractivity contribution < 1.29 is 4.52 Å². The molecule has 2 N–H and O–H groups in total. The first kappa shape index (κ1) is 9.84. The van der Waals surface area contributed by atoms with Gasteiger partial charge in [0.05, 0.1) is 5.56 Å². The molecule has 1 fully saturated rings. The van der Waals surface area contributed by atoms with Crippen LogP contribution in [-0.4, -0.2) is 10.1 Å². The summed E-state index contributed by atoms with van der Waals surface area (Å²) in [7, 11) is 0. The van der Waals surface area contributed by atoms with Crippen LogP contribution in [0.1, 0.15) is 24.6 Å². The molecule has 0 radical (unpaired) electrons. The van der Waals surface area contributed by atoms with Crippen LogP contribution >= 0.6 is 15.9 Å². The first-order valence-electron chi connectivity index (χ1n) is 5.13. The lowest BCUT2D eigenvalue weighted by Crippen LogP contribution is -1.90. The van der Waals surface area contributed by atoms with Crippen LogP contribution in [0.5, 0.6) is 0 Å². The van der Waals surface area contributed by atoms with E-state index in [1.165, 1.54) is 0 Å². The Balaban J connectivity index is 2.03. The lowest BCUT2D eigenvalue weighted by atomic mass is 10.2. The van der Waals surface area contributed by atoms with Crippen molar-refractivity contribution in [1.82, 2.24) is 10.1 Å². The fourth-order valence-electron chi connectivity index (χ4n) is 1.57. The number of anilines is 1. The van der Waals surface area contributed by atoms with E-state index in [9.17, 15) is 0 Å². The maximum Gasteiger partial charge on any atom is 0.260 e. The second kappa shape index (κ2) is 3.59. The third-order valence-corrected chi connectivity index (χ3v) is 3.12. The highest BCUT2D eigenvalue weighted by molar-refractivity contribution is 9.10. The zero-order valence-corrected chi connectivity index (χ0v) is 10.1. The van der Waals surface area contributed by atoms with Gasteiger partial charge in [0.15, 0.2) is 5.82 Å². The SMILES string of the molecule is Nc1ccc(Br)cc1-c1nc(C2CC2)no1. The number of nitrogen functional groups attached to an aromatic ring is 1. The quantitative estimate of drug-likeness (QED) is 0.859. The molecule has 1 aliphatic rings. The molecular formula is C11H10BrN3O. The van der Waals surface area contributed by atoms with E-state index in [0.717, 1.165) is 28.7 Å². The molecule has 0 amide bonds. The highest BCUT2D eigenvalue weighted by Gasteiger charge is 2.29. The summed E-state index contributed by atoms with van der Waals surface area (Å²) in [6, 6.07) is 5.59. The Morgan fingerprint density at radius 1 is 1.38 bits per heavy atom. The molecule has 1 aromatic heterocycles. The third-order valence-electron chi connectivity index (χ3n) is 2.63. The minimum atomic E-state index is 0.492. The molecule has 5 heteroatoms. The van der Waals surface area contributed by atoms with E-state index < -0.39 is 0 Å². The van der Waals surface area contributed by atoms with Gasteiger partial charge in [0.2, 0.25) is 0 Å². The van der Waals surface area contributed by atoms with Gasteiger partial charge in [-0.1, -0.05) is 21.1 Å². The van der Waals surface area contributed by atoms with Gasteiger partial charge >= 0.3 is 0 Å². The summed E-state index contributed by atoms with van der Waals surface area (Å²) in [5.41, 5.74) is 7.31. The zero-order chi connectivity index (χ0) is 11.1. The van der Waals surface area contributed by atoms with E-state index in [1.807, 2.05) is 18.2 Å². The number of halogens is 1. The lowest BCUT2D eigenvalue weighted by molar-refractivity contribution is 0.423. The molecule has 3 rings (SSSR count). The molecule has 1 aromatic carbocycles. The van der Waals surface area contributed by atoms with Crippen LogP contribution in [-0.2, 0) is 0 Å². The number of benzene rings is 1. The highest BCUT2D eigenvalue weighted by atomic mass is 79.9. The molecule has 1 aliphatic carbocycles. The Morgan fingerprint density at radius 2 is 2.19 bits per heavy atom. The van der Waals surface area contributed by atoms with Gasteiger partial charge in [-0.25, -0.2) is 0 Å². The van der Waals surface area contributed by atoms with Crippen LogP contribution in [0.3, 0.4) is 0 Å². The molecule has 0 aliphatic heterocycles. The molecule has 16 heavy (non-hydrogen) atoms. The van der Waals surface area contributed by atoms with E-state index in [4.69, 9.17) is 10.3 Å². The molecular weight excluding hydrogens is 270 g/mol. The average molecular weight is 280 g/mol. The molecule has 0 unspecified atom stereocenters. The van der Waals surface area contributed by atoms with Gasteiger partial charge in [0, 0.05) is 16.1 Å². The molecule has 0 bridgehead atoms. The lowest BCUT2D eigenvalue weighted by Gasteiger charge is -2.00. The Kier molecular flexibility index (Phi) is 2.21. The van der Waals surface area contributed by atoms with Crippen LogP contribution in [0.2, 0.25) is 0 Å². The molecule has 1 heterocycles. The number of nitrogens with zero attached hydrogens (tertiary/aromatic N) is 2. The van der Waals surface area contributed by atoms with Crippen molar-refractivity contribution in [1.29, 1.82) is 0 Å². The van der Waals surface area contributed by atoms with Crippen molar-refractivity contribution in [3.63, 3.8) is 0 Å². The summed E-state index contributed by atoms with van der Waals surface area (Å²) in [5, 5.41) is 3.97. The maximum absolute atomic E-state index is 5.87. The third kappa shape index (κ3) is 1.71. The average Bonchev–Trinajstić information content (AvgIpc) is 3.01. The molecule has 0 atom stereocenters. The predicted octanol–water partition coefficient (Wildman–Crippen LogP) is 2.96. The normalized spacial score (nSPS) is 15.3. The number of rotatable bonds is 2. The van der Waals surface area contributed by atoms with Crippen molar-refractivity contribution in [2.24, 2.45) is 0 Å². The topological polar surface area (TPSA) is 64.9 Å². The summed E-state index contributed by atoms with van der Waals surface area (Å²) < 4.78 is 6.17. The Morgan fingerprint density at radius 3 is 2.94 bits per heavy atom. The van der Waals surface area contributed by atoms with Crippen molar-refractivity contribution in [3.05, 3.63) is 28.5 Å². The molecule has 2 aromatic rings. The van der Waals surface area contributed by atoms with Crippen molar-refractivity contribution in [2.75, 3.05) is 5.73 Å². The van der Waals surface area contributed by atoms with E-state index in [0.29, 0.717) is 17.5 Å². The first-order chi connectivity index (χ1) is 7.74. The van der Waals surface area contributed by atoms with E-state index in [2.05, 4.69) is 26.1 Å². The van der Waals surface area contributed by atoms with Crippen LogP contribution in [0.25, 0.3) is 11.5 Å². The fraction of sp³-hybridized carbons (Fsp3) is 0.273. The number of hydrogen-bond donors (Lipinski definition) is 1. The van der Waals surface area contributed by atoms with Gasteiger partial charge < -0.3 is 10.3 Å². The van der Waals surface area contributed by atoms with Gasteiger partial charge in [0.25, 0.3) is 5.89 Å². The number of nitrogens with two attached hydrogens (primary N) is 1. The largest absolute Gasteiger partial charge is 0.398 e. The molecule has 4 nitrogen and oxygen atoms in total. The monoisotopic (exact) mass is 279 g/mol. The van der Waals surface area contributed by atoms with Gasteiger partial charge in [-0.3, -0.25) is 0 Å². The number of aromatic nitrogens is 2. The Labute approximate surface area is 101 Å². The second-order valence-electron chi connectivity index (χ2n) is 3.96. The summed E-state index contributed by atoms with van der Waals surface area (Å²) in [5.74, 6) is 1.79. The van der Waals surface area contributed by atoms with Crippen LogP contribution in [0.4, 0.5) is 5.69 Å². The van der Waals surface area contributed by atoms with Crippen LogP contribution in [0, 0.1) is 0 Å². The van der Waals surface area contributed by atoms with Gasteiger partial charge in [-0.2, -0.15) is 4.98 Å². The van der Waals surface area contributed by atoms with Crippen molar-refractivity contribution in [2.45, 2.75) is 18.8 Å². The van der Waals surface area contributed by atoms with Gasteiger partial charge in [0.1, 0.15) is 0 Å². The maximum atomic E-state index is 5.87. The van der Waals surface area contributed by atoms with Crippen molar-refractivity contribution in [3.8, 4) is 11.5 Å². The summed E-state index contributed by atoms with van der Waals surface area (Å²) in [6.45, 7) is 0. The smallest absolute Gasteiger partial charge is 0.260 e. The summed E-state index contributed by atoms with van der Waals surface area (Å²) in [4.78, 5) is 4.37. The minimum Gasteiger partial charge on any atom is -0.398 e. The minimum absolute atomic E-state index is 0.492. The van der Waals surface area contributed by atoms with Crippen LogP contribution < -0.4 is 5.73 Å². The standard InChI is InChI=1S/C11H10BrN3O/c12-7-3-4-9(13)8(5-7)11-14-10(15-16-11)6-1-2-6/h3-6H,1-2,13H2. The van der Waals surface area contributed by atoms with E-state index in [1.54, 1.807) is 0 Å². The summed E-state index contributed by atoms with van der Waals surface area (Å²) in [6.07, 6.45) is 2.32. The first-order valence-corrected chi connectivity index (χ1v) is 5.92. The highest BCUT2D eigenvalue weighted by Crippen LogP contribution is 2.39. The number of hydrogen-bond acceptors (Lipinski definition) is 4. The fourth-order valence-corrected chi connectivity index (χ4v) is 1.93. The molecule has 0 saturated heterocycles. The van der Waals surface area contributed by atoms with Crippen molar-refractivity contribution >= 4 is 21.6 Å². The molecule has 0 spiro atoms. The Hall–Kier alpha value is -1.36.